The average Bonchev–Trinajstić information content (AvgIpc) is 2.75. The lowest BCUT2D eigenvalue weighted by Gasteiger charge is -2.01. The lowest BCUT2D eigenvalue weighted by Crippen LogP contribution is -2.07. The molecule has 5 nitrogen and oxygen atoms in total. The van der Waals surface area contributed by atoms with Crippen molar-refractivity contribution in [1.29, 1.82) is 0 Å². The number of rotatable bonds is 3. The van der Waals surface area contributed by atoms with Crippen molar-refractivity contribution in [2.24, 2.45) is 0 Å². The minimum atomic E-state index is -0.571. The molecule has 5 heteroatoms. The van der Waals surface area contributed by atoms with Crippen molar-refractivity contribution in [3.63, 3.8) is 0 Å². The van der Waals surface area contributed by atoms with E-state index in [2.05, 4.69) is 4.98 Å². The number of carbonyl (C=O) groups is 1. The van der Waals surface area contributed by atoms with E-state index in [1.807, 2.05) is 32.0 Å². The van der Waals surface area contributed by atoms with Crippen LogP contribution in [0.25, 0.3) is 11.5 Å². The largest absolute Gasteiger partial charge is 0.461 e. The first kappa shape index (κ1) is 13.1. The van der Waals surface area contributed by atoms with Gasteiger partial charge in [0.05, 0.1) is 6.61 Å². The standard InChI is InChI=1S/C14H16N2O3/c1-4-18-14(17)11-12(15)19-13(16-11)10-6-5-8(2)9(3)7-10/h5-7H,4,15H2,1-3H3. The number of benzene rings is 1. The molecule has 0 aliphatic rings. The Labute approximate surface area is 111 Å². The minimum absolute atomic E-state index is 0.0216. The van der Waals surface area contributed by atoms with Gasteiger partial charge in [0, 0.05) is 5.56 Å². The normalized spacial score (nSPS) is 10.5. The smallest absolute Gasteiger partial charge is 0.362 e. The third kappa shape index (κ3) is 2.59. The quantitative estimate of drug-likeness (QED) is 0.858. The summed E-state index contributed by atoms with van der Waals surface area (Å²) in [6.45, 7) is 6.01. The number of oxazole rings is 1. The van der Waals surface area contributed by atoms with Gasteiger partial charge in [-0.25, -0.2) is 4.79 Å². The summed E-state index contributed by atoms with van der Waals surface area (Å²) in [7, 11) is 0. The van der Waals surface area contributed by atoms with Crippen LogP contribution in [0.5, 0.6) is 0 Å². The minimum Gasteiger partial charge on any atom is -0.461 e. The molecule has 0 saturated carbocycles. The van der Waals surface area contributed by atoms with Crippen LogP contribution < -0.4 is 5.73 Å². The number of hydrogen-bond donors (Lipinski definition) is 1. The Balaban J connectivity index is 2.38. The first-order valence-corrected chi connectivity index (χ1v) is 6.04. The zero-order valence-electron chi connectivity index (χ0n) is 11.2. The molecule has 0 spiro atoms. The molecule has 100 valence electrons. The van der Waals surface area contributed by atoms with Crippen molar-refractivity contribution in [1.82, 2.24) is 4.98 Å². The fourth-order valence-electron chi connectivity index (χ4n) is 1.68. The summed E-state index contributed by atoms with van der Waals surface area (Å²) < 4.78 is 10.2. The van der Waals surface area contributed by atoms with Crippen LogP contribution in [-0.2, 0) is 4.74 Å². The maximum Gasteiger partial charge on any atom is 0.362 e. The zero-order valence-corrected chi connectivity index (χ0v) is 11.2. The van der Waals surface area contributed by atoms with Crippen LogP contribution in [0.1, 0.15) is 28.5 Å². The van der Waals surface area contributed by atoms with Crippen LogP contribution in [0.3, 0.4) is 0 Å². The second kappa shape index (κ2) is 5.14. The monoisotopic (exact) mass is 260 g/mol. The topological polar surface area (TPSA) is 78.3 Å². The number of anilines is 1. The third-order valence-corrected chi connectivity index (χ3v) is 2.88. The van der Waals surface area contributed by atoms with Gasteiger partial charge in [-0.3, -0.25) is 0 Å². The molecule has 1 aromatic carbocycles. The van der Waals surface area contributed by atoms with Gasteiger partial charge in [-0.1, -0.05) is 6.07 Å². The maximum absolute atomic E-state index is 11.6. The van der Waals surface area contributed by atoms with Crippen molar-refractivity contribution in [2.45, 2.75) is 20.8 Å². The van der Waals surface area contributed by atoms with Crippen LogP contribution in [0.2, 0.25) is 0 Å². The molecular formula is C14H16N2O3. The number of nitrogens with zero attached hydrogens (tertiary/aromatic N) is 1. The number of ether oxygens (including phenoxy) is 1. The Morgan fingerprint density at radius 1 is 1.37 bits per heavy atom. The van der Waals surface area contributed by atoms with Crippen molar-refractivity contribution < 1.29 is 13.9 Å². The first-order chi connectivity index (χ1) is 9.02. The predicted molar refractivity (Wildman–Crippen MR) is 71.8 cm³/mol. The molecule has 2 aromatic rings. The Hall–Kier alpha value is -2.30. The van der Waals surface area contributed by atoms with Crippen molar-refractivity contribution >= 4 is 11.9 Å². The lowest BCUT2D eigenvalue weighted by atomic mass is 10.1. The first-order valence-electron chi connectivity index (χ1n) is 6.04. The average molecular weight is 260 g/mol. The molecule has 0 fully saturated rings. The van der Waals surface area contributed by atoms with Gasteiger partial charge in [-0.05, 0) is 44.0 Å². The second-order valence-electron chi connectivity index (χ2n) is 4.25. The van der Waals surface area contributed by atoms with Gasteiger partial charge in [0.25, 0.3) is 0 Å². The number of hydrogen-bond acceptors (Lipinski definition) is 5. The SMILES string of the molecule is CCOC(=O)c1nc(-c2ccc(C)c(C)c2)oc1N. The van der Waals surface area contributed by atoms with Gasteiger partial charge >= 0.3 is 5.97 Å². The van der Waals surface area contributed by atoms with E-state index in [1.54, 1.807) is 6.92 Å². The number of aromatic nitrogens is 1. The Morgan fingerprint density at radius 3 is 2.74 bits per heavy atom. The third-order valence-electron chi connectivity index (χ3n) is 2.88. The molecule has 19 heavy (non-hydrogen) atoms. The number of esters is 1. The maximum atomic E-state index is 11.6. The van der Waals surface area contributed by atoms with E-state index < -0.39 is 5.97 Å². The van der Waals surface area contributed by atoms with E-state index in [4.69, 9.17) is 14.9 Å². The summed E-state index contributed by atoms with van der Waals surface area (Å²) in [6.07, 6.45) is 0. The zero-order chi connectivity index (χ0) is 14.0. The summed E-state index contributed by atoms with van der Waals surface area (Å²) >= 11 is 0. The molecule has 0 amide bonds. The number of nitrogen functional groups attached to an aromatic ring is 1. The van der Waals surface area contributed by atoms with E-state index in [0.29, 0.717) is 5.89 Å². The molecule has 0 bridgehead atoms. The highest BCUT2D eigenvalue weighted by Crippen LogP contribution is 2.25. The van der Waals surface area contributed by atoms with Gasteiger partial charge in [-0.2, -0.15) is 4.98 Å². The second-order valence-corrected chi connectivity index (χ2v) is 4.25. The summed E-state index contributed by atoms with van der Waals surface area (Å²) in [5.74, 6) is -0.269. The molecule has 0 radical (unpaired) electrons. The van der Waals surface area contributed by atoms with Crippen LogP contribution in [0.4, 0.5) is 5.88 Å². The Kier molecular flexibility index (Phi) is 3.55. The van der Waals surface area contributed by atoms with Gasteiger partial charge in [-0.15, -0.1) is 0 Å². The Morgan fingerprint density at radius 2 is 2.11 bits per heavy atom. The number of aryl methyl sites for hydroxylation is 2. The van der Waals surface area contributed by atoms with Crippen LogP contribution in [-0.4, -0.2) is 17.6 Å². The molecule has 1 aromatic heterocycles. The highest BCUT2D eigenvalue weighted by Gasteiger charge is 2.20. The van der Waals surface area contributed by atoms with Gasteiger partial charge in [0.2, 0.25) is 17.5 Å². The molecule has 0 aliphatic carbocycles. The molecule has 2 rings (SSSR count). The fourth-order valence-corrected chi connectivity index (χ4v) is 1.68. The number of carbonyl (C=O) groups excluding carboxylic acids is 1. The van der Waals surface area contributed by atoms with Crippen LogP contribution in [0.15, 0.2) is 22.6 Å². The van der Waals surface area contributed by atoms with E-state index in [1.165, 1.54) is 5.56 Å². The molecule has 1 heterocycles. The van der Waals surface area contributed by atoms with E-state index in [0.717, 1.165) is 11.1 Å². The van der Waals surface area contributed by atoms with E-state index in [-0.39, 0.29) is 18.2 Å². The van der Waals surface area contributed by atoms with E-state index >= 15 is 0 Å². The van der Waals surface area contributed by atoms with Gasteiger partial charge < -0.3 is 14.9 Å². The molecule has 0 saturated heterocycles. The lowest BCUT2D eigenvalue weighted by molar-refractivity contribution is 0.0521. The molecule has 0 aliphatic heterocycles. The van der Waals surface area contributed by atoms with Crippen molar-refractivity contribution in [3.05, 3.63) is 35.0 Å². The van der Waals surface area contributed by atoms with Crippen LogP contribution in [0, 0.1) is 13.8 Å². The highest BCUT2D eigenvalue weighted by molar-refractivity contribution is 5.92. The highest BCUT2D eigenvalue weighted by atomic mass is 16.5. The number of nitrogens with two attached hydrogens (primary N) is 1. The molecule has 2 N–H and O–H groups in total. The summed E-state index contributed by atoms with van der Waals surface area (Å²) in [6, 6.07) is 5.78. The van der Waals surface area contributed by atoms with Crippen molar-refractivity contribution in [3.8, 4) is 11.5 Å². The summed E-state index contributed by atoms with van der Waals surface area (Å²) in [5.41, 5.74) is 8.75. The van der Waals surface area contributed by atoms with Gasteiger partial charge in [0.15, 0.2) is 0 Å². The summed E-state index contributed by atoms with van der Waals surface area (Å²) in [4.78, 5) is 15.7. The molecular weight excluding hydrogens is 244 g/mol. The van der Waals surface area contributed by atoms with Crippen LogP contribution >= 0.6 is 0 Å². The molecule has 0 atom stereocenters. The van der Waals surface area contributed by atoms with Crippen molar-refractivity contribution in [2.75, 3.05) is 12.3 Å². The fraction of sp³-hybridized carbons (Fsp3) is 0.286. The molecule has 0 unspecified atom stereocenters. The van der Waals surface area contributed by atoms with Gasteiger partial charge in [0.1, 0.15) is 0 Å². The Bertz CT molecular complexity index is 617. The summed E-state index contributed by atoms with van der Waals surface area (Å²) in [5, 5.41) is 0. The van der Waals surface area contributed by atoms with E-state index in [9.17, 15) is 4.79 Å². The predicted octanol–water partition coefficient (Wildman–Crippen LogP) is 2.72.